The summed E-state index contributed by atoms with van der Waals surface area (Å²) in [7, 11) is 0. The van der Waals surface area contributed by atoms with Crippen LogP contribution in [0, 0.1) is 9.39 Å². The number of aliphatic imine (C=N–C) groups is 1. The SMILES string of the molecule is Fc1cccc(CON(c2ccccc2)C2c3cc(I)ccc3N=CN2Cl)c1. The van der Waals surface area contributed by atoms with Gasteiger partial charge in [0.2, 0.25) is 0 Å². The molecule has 1 heterocycles. The molecule has 3 aromatic carbocycles. The summed E-state index contributed by atoms with van der Waals surface area (Å²) >= 11 is 8.78. The molecule has 0 bridgehead atoms. The van der Waals surface area contributed by atoms with Crippen LogP contribution in [0.5, 0.6) is 0 Å². The molecule has 28 heavy (non-hydrogen) atoms. The monoisotopic (exact) mass is 507 g/mol. The van der Waals surface area contributed by atoms with Crippen molar-refractivity contribution >= 4 is 52.1 Å². The first kappa shape index (κ1) is 19.2. The van der Waals surface area contributed by atoms with E-state index in [1.54, 1.807) is 17.5 Å². The first-order valence-corrected chi connectivity index (χ1v) is 10.0. The zero-order valence-electron chi connectivity index (χ0n) is 14.7. The summed E-state index contributed by atoms with van der Waals surface area (Å²) in [4.78, 5) is 10.6. The van der Waals surface area contributed by atoms with Crippen molar-refractivity contribution in [2.45, 2.75) is 12.8 Å². The minimum atomic E-state index is -0.431. The molecule has 1 unspecified atom stereocenters. The maximum atomic E-state index is 13.6. The van der Waals surface area contributed by atoms with Gasteiger partial charge in [0.25, 0.3) is 0 Å². The van der Waals surface area contributed by atoms with Gasteiger partial charge in [0, 0.05) is 20.9 Å². The molecule has 7 heteroatoms. The third-order valence-electron chi connectivity index (χ3n) is 4.30. The Morgan fingerprint density at radius 2 is 1.89 bits per heavy atom. The van der Waals surface area contributed by atoms with E-state index < -0.39 is 6.17 Å². The Labute approximate surface area is 181 Å². The fraction of sp³-hybridized carbons (Fsp3) is 0.0952. The van der Waals surface area contributed by atoms with Gasteiger partial charge >= 0.3 is 0 Å². The van der Waals surface area contributed by atoms with Gasteiger partial charge in [-0.2, -0.15) is 0 Å². The number of nitrogens with zero attached hydrogens (tertiary/aromatic N) is 3. The molecule has 0 radical (unpaired) electrons. The van der Waals surface area contributed by atoms with E-state index in [1.165, 1.54) is 16.6 Å². The van der Waals surface area contributed by atoms with E-state index in [1.807, 2.05) is 54.6 Å². The van der Waals surface area contributed by atoms with Gasteiger partial charge in [-0.05, 0) is 70.6 Å². The van der Waals surface area contributed by atoms with Crippen LogP contribution in [0.2, 0.25) is 0 Å². The predicted molar refractivity (Wildman–Crippen MR) is 118 cm³/mol. The molecule has 1 aliphatic heterocycles. The van der Waals surface area contributed by atoms with Crippen LogP contribution < -0.4 is 5.06 Å². The van der Waals surface area contributed by atoms with E-state index in [4.69, 9.17) is 16.6 Å². The van der Waals surface area contributed by atoms with Gasteiger partial charge in [-0.25, -0.2) is 18.9 Å². The lowest BCUT2D eigenvalue weighted by Crippen LogP contribution is -2.38. The minimum Gasteiger partial charge on any atom is -0.266 e. The summed E-state index contributed by atoms with van der Waals surface area (Å²) in [5.41, 5.74) is 3.31. The van der Waals surface area contributed by atoms with Gasteiger partial charge in [0.1, 0.15) is 18.8 Å². The zero-order valence-corrected chi connectivity index (χ0v) is 17.6. The van der Waals surface area contributed by atoms with Crippen LogP contribution >= 0.6 is 34.4 Å². The van der Waals surface area contributed by atoms with Gasteiger partial charge in [-0.15, -0.1) is 0 Å². The van der Waals surface area contributed by atoms with Crippen LogP contribution in [-0.2, 0) is 11.4 Å². The molecule has 0 aromatic heterocycles. The molecule has 3 aromatic rings. The van der Waals surface area contributed by atoms with Crippen molar-refractivity contribution < 1.29 is 9.23 Å². The fourth-order valence-electron chi connectivity index (χ4n) is 3.02. The van der Waals surface area contributed by atoms with E-state index >= 15 is 0 Å². The van der Waals surface area contributed by atoms with Crippen LogP contribution in [0.25, 0.3) is 0 Å². The molecule has 0 saturated heterocycles. The lowest BCUT2D eigenvalue weighted by Gasteiger charge is -2.38. The summed E-state index contributed by atoms with van der Waals surface area (Å²) in [6, 6.07) is 22.0. The van der Waals surface area contributed by atoms with Gasteiger partial charge in [-0.1, -0.05) is 30.3 Å². The fourth-order valence-corrected chi connectivity index (χ4v) is 3.77. The first-order chi connectivity index (χ1) is 13.6. The largest absolute Gasteiger partial charge is 0.266 e. The van der Waals surface area contributed by atoms with Gasteiger partial charge in [0.15, 0.2) is 6.17 Å². The van der Waals surface area contributed by atoms with E-state index in [2.05, 4.69) is 27.6 Å². The number of para-hydroxylation sites is 1. The van der Waals surface area contributed by atoms with Crippen LogP contribution in [0.4, 0.5) is 15.8 Å². The van der Waals surface area contributed by atoms with Gasteiger partial charge < -0.3 is 0 Å². The van der Waals surface area contributed by atoms with Crippen LogP contribution in [0.3, 0.4) is 0 Å². The summed E-state index contributed by atoms with van der Waals surface area (Å²) in [5.74, 6) is -0.295. The van der Waals surface area contributed by atoms with Gasteiger partial charge in [0.05, 0.1) is 11.4 Å². The molecule has 1 atom stereocenters. The highest BCUT2D eigenvalue weighted by Gasteiger charge is 2.31. The third kappa shape index (κ3) is 4.14. The average Bonchev–Trinajstić information content (AvgIpc) is 2.70. The molecule has 0 amide bonds. The number of fused-ring (bicyclic) bond motifs is 1. The smallest absolute Gasteiger partial charge is 0.171 e. The number of halogens is 3. The van der Waals surface area contributed by atoms with Crippen LogP contribution in [0.1, 0.15) is 17.3 Å². The van der Waals surface area contributed by atoms with Crippen LogP contribution in [0.15, 0.2) is 77.8 Å². The molecule has 1 aliphatic rings. The summed E-state index contributed by atoms with van der Waals surface area (Å²) in [5, 5.41) is 1.73. The number of hydrogen-bond donors (Lipinski definition) is 0. The molecule has 4 rings (SSSR count). The Balaban J connectivity index is 1.71. The van der Waals surface area contributed by atoms with Gasteiger partial charge in [-0.3, -0.25) is 4.84 Å². The molecule has 0 N–H and O–H groups in total. The Morgan fingerprint density at radius 3 is 2.68 bits per heavy atom. The Kier molecular flexibility index (Phi) is 5.79. The zero-order chi connectivity index (χ0) is 19.5. The van der Waals surface area contributed by atoms with E-state index in [0.29, 0.717) is 0 Å². The molecular weight excluding hydrogens is 492 g/mol. The maximum Gasteiger partial charge on any atom is 0.171 e. The minimum absolute atomic E-state index is 0.199. The van der Waals surface area contributed by atoms with Crippen molar-refractivity contribution in [3.8, 4) is 0 Å². The molecular formula is C21H16ClFIN3O. The highest BCUT2D eigenvalue weighted by atomic mass is 127. The third-order valence-corrected chi connectivity index (χ3v) is 5.24. The number of anilines is 1. The molecule has 142 valence electrons. The van der Waals surface area contributed by atoms with E-state index in [-0.39, 0.29) is 12.4 Å². The topological polar surface area (TPSA) is 28.1 Å². The second-order valence-corrected chi connectivity index (χ2v) is 7.87. The van der Waals surface area contributed by atoms with Crippen molar-refractivity contribution in [1.29, 1.82) is 0 Å². The molecule has 0 fully saturated rings. The lowest BCUT2D eigenvalue weighted by molar-refractivity contribution is 0.0561. The molecule has 0 saturated carbocycles. The quantitative estimate of drug-likeness (QED) is 0.234. The molecule has 4 nitrogen and oxygen atoms in total. The second kappa shape index (κ2) is 8.46. The average molecular weight is 508 g/mol. The Hall–Kier alpha value is -2.16. The summed E-state index contributed by atoms with van der Waals surface area (Å²) in [6.45, 7) is 0.199. The highest BCUT2D eigenvalue weighted by molar-refractivity contribution is 14.1. The number of rotatable bonds is 5. The molecule has 0 spiro atoms. The maximum absolute atomic E-state index is 13.6. The number of hydrogen-bond acceptors (Lipinski definition) is 4. The number of hydroxylamine groups is 1. The number of benzene rings is 3. The summed E-state index contributed by atoms with van der Waals surface area (Å²) in [6.07, 6.45) is 1.14. The van der Waals surface area contributed by atoms with Crippen molar-refractivity contribution in [2.24, 2.45) is 4.99 Å². The Bertz CT molecular complexity index is 1000. The summed E-state index contributed by atoms with van der Waals surface area (Å²) < 4.78 is 16.1. The van der Waals surface area contributed by atoms with Crippen molar-refractivity contribution in [3.63, 3.8) is 0 Å². The second-order valence-electron chi connectivity index (χ2n) is 6.23. The lowest BCUT2D eigenvalue weighted by atomic mass is 10.1. The van der Waals surface area contributed by atoms with E-state index in [0.717, 1.165) is 26.1 Å². The Morgan fingerprint density at radius 1 is 1.07 bits per heavy atom. The molecule has 0 aliphatic carbocycles. The van der Waals surface area contributed by atoms with E-state index in [9.17, 15) is 4.39 Å². The van der Waals surface area contributed by atoms with Crippen molar-refractivity contribution in [1.82, 2.24) is 4.42 Å². The highest BCUT2D eigenvalue weighted by Crippen LogP contribution is 2.39. The predicted octanol–water partition coefficient (Wildman–Crippen LogP) is 6.20. The first-order valence-electron chi connectivity index (χ1n) is 8.61. The van der Waals surface area contributed by atoms with Crippen LogP contribution in [-0.4, -0.2) is 10.8 Å². The van der Waals surface area contributed by atoms with Crippen molar-refractivity contribution in [3.05, 3.63) is 93.3 Å². The normalized spacial score (nSPS) is 15.4. The van der Waals surface area contributed by atoms with Crippen molar-refractivity contribution in [2.75, 3.05) is 5.06 Å². The standard InChI is InChI=1S/C21H16ClFIN3O/c22-26-14-25-20-10-9-17(24)12-19(20)21(26)27(18-7-2-1-3-8-18)28-13-15-5-4-6-16(23)11-15/h1-12,14,21H,13H2.